The highest BCUT2D eigenvalue weighted by Crippen LogP contribution is 2.26. The highest BCUT2D eigenvalue weighted by molar-refractivity contribution is 7.71. The lowest BCUT2D eigenvalue weighted by molar-refractivity contribution is 0.318. The molecule has 0 aliphatic rings. The normalized spacial score (nSPS) is 11.1. The summed E-state index contributed by atoms with van der Waals surface area (Å²) in [6.45, 7) is 4.36. The van der Waals surface area contributed by atoms with E-state index in [-0.39, 0.29) is 5.75 Å². The Kier molecular flexibility index (Phi) is 4.95. The van der Waals surface area contributed by atoms with Crippen molar-refractivity contribution in [2.24, 2.45) is 5.10 Å². The van der Waals surface area contributed by atoms with Crippen molar-refractivity contribution < 1.29 is 9.84 Å². The molecule has 1 heterocycles. The molecule has 3 aromatic rings. The van der Waals surface area contributed by atoms with Crippen molar-refractivity contribution in [3.63, 3.8) is 0 Å². The fourth-order valence-electron chi connectivity index (χ4n) is 2.29. The van der Waals surface area contributed by atoms with Gasteiger partial charge in [0.2, 0.25) is 4.77 Å². The first-order valence-corrected chi connectivity index (χ1v) is 8.24. The van der Waals surface area contributed by atoms with Gasteiger partial charge < -0.3 is 9.84 Å². The number of phenolic OH excluding ortho intramolecular Hbond substituents is 1. The zero-order valence-electron chi connectivity index (χ0n) is 13.9. The summed E-state index contributed by atoms with van der Waals surface area (Å²) in [6.07, 6.45) is 1.64. The number of hydrogen-bond acceptors (Lipinski definition) is 5. The van der Waals surface area contributed by atoms with Gasteiger partial charge in [0, 0.05) is 5.56 Å². The Morgan fingerprint density at radius 3 is 2.76 bits per heavy atom. The van der Waals surface area contributed by atoms with E-state index in [0.29, 0.717) is 23.0 Å². The molecule has 0 saturated heterocycles. The molecule has 7 heteroatoms. The standard InChI is InChI=1S/C18H18N4O2S/c1-3-24-16-10-13(6-9-15(16)23)11-19-22-17(20-21-18(22)25)14-7-4-12(2)5-8-14/h4-11,23H,3H2,1-2H3,(H,21,25)/b19-11+. The summed E-state index contributed by atoms with van der Waals surface area (Å²) in [4.78, 5) is 0. The number of aromatic amines is 1. The predicted molar refractivity (Wildman–Crippen MR) is 99.9 cm³/mol. The third-order valence-electron chi connectivity index (χ3n) is 3.57. The molecule has 1 aromatic heterocycles. The number of H-pyrrole nitrogens is 1. The number of nitrogens with one attached hydrogen (secondary N) is 1. The molecule has 0 aliphatic heterocycles. The van der Waals surface area contributed by atoms with Crippen LogP contribution in [0.3, 0.4) is 0 Å². The Balaban J connectivity index is 1.94. The number of aromatic nitrogens is 3. The van der Waals surface area contributed by atoms with Crippen LogP contribution in [0.5, 0.6) is 11.5 Å². The summed E-state index contributed by atoms with van der Waals surface area (Å²) in [5, 5.41) is 21.2. The molecule has 0 fully saturated rings. The quantitative estimate of drug-likeness (QED) is 0.538. The summed E-state index contributed by atoms with van der Waals surface area (Å²) >= 11 is 5.27. The molecule has 0 saturated carbocycles. The average Bonchev–Trinajstić information content (AvgIpc) is 2.97. The molecule has 2 aromatic carbocycles. The Bertz CT molecular complexity index is 958. The highest BCUT2D eigenvalue weighted by Gasteiger charge is 2.08. The minimum atomic E-state index is 0.0965. The van der Waals surface area contributed by atoms with Crippen LogP contribution in [0.2, 0.25) is 0 Å². The number of ether oxygens (including phenoxy) is 1. The van der Waals surface area contributed by atoms with Crippen molar-refractivity contribution in [1.29, 1.82) is 0 Å². The average molecular weight is 354 g/mol. The molecule has 0 amide bonds. The topological polar surface area (TPSA) is 75.4 Å². The van der Waals surface area contributed by atoms with Gasteiger partial charge in [-0.15, -0.1) is 0 Å². The third kappa shape index (κ3) is 3.77. The Morgan fingerprint density at radius 1 is 1.28 bits per heavy atom. The molecule has 0 radical (unpaired) electrons. The number of benzene rings is 2. The van der Waals surface area contributed by atoms with Gasteiger partial charge in [-0.3, -0.25) is 0 Å². The summed E-state index contributed by atoms with van der Waals surface area (Å²) in [6, 6.07) is 13.0. The molecular weight excluding hydrogens is 336 g/mol. The first-order valence-electron chi connectivity index (χ1n) is 7.83. The van der Waals surface area contributed by atoms with E-state index in [1.165, 1.54) is 5.56 Å². The molecule has 25 heavy (non-hydrogen) atoms. The van der Waals surface area contributed by atoms with Gasteiger partial charge in [-0.25, -0.2) is 5.10 Å². The van der Waals surface area contributed by atoms with Crippen LogP contribution in [0.1, 0.15) is 18.1 Å². The number of nitrogens with zero attached hydrogens (tertiary/aromatic N) is 3. The van der Waals surface area contributed by atoms with Gasteiger partial charge in [-0.1, -0.05) is 29.8 Å². The van der Waals surface area contributed by atoms with Crippen LogP contribution in [0.4, 0.5) is 0 Å². The van der Waals surface area contributed by atoms with Crippen LogP contribution in [0.15, 0.2) is 47.6 Å². The molecule has 6 nitrogen and oxygen atoms in total. The van der Waals surface area contributed by atoms with Crippen LogP contribution in [-0.2, 0) is 0 Å². The zero-order chi connectivity index (χ0) is 17.8. The van der Waals surface area contributed by atoms with Crippen LogP contribution in [-0.4, -0.2) is 32.8 Å². The maximum Gasteiger partial charge on any atom is 0.216 e. The van der Waals surface area contributed by atoms with Crippen molar-refractivity contribution in [3.8, 4) is 22.9 Å². The van der Waals surface area contributed by atoms with E-state index in [2.05, 4.69) is 15.3 Å². The molecule has 128 valence electrons. The predicted octanol–water partition coefficient (Wildman–Crippen LogP) is 3.90. The Morgan fingerprint density at radius 2 is 2.04 bits per heavy atom. The zero-order valence-corrected chi connectivity index (χ0v) is 14.7. The molecule has 0 bridgehead atoms. The first-order chi connectivity index (χ1) is 12.1. The second kappa shape index (κ2) is 7.31. The van der Waals surface area contributed by atoms with E-state index in [1.54, 1.807) is 29.1 Å². The van der Waals surface area contributed by atoms with Gasteiger partial charge in [0.25, 0.3) is 0 Å². The molecule has 3 rings (SSSR count). The van der Waals surface area contributed by atoms with E-state index in [0.717, 1.165) is 11.1 Å². The van der Waals surface area contributed by atoms with E-state index >= 15 is 0 Å². The second-order valence-corrected chi connectivity index (χ2v) is 5.82. The Hall–Kier alpha value is -2.93. The van der Waals surface area contributed by atoms with Gasteiger partial charge in [0.15, 0.2) is 17.3 Å². The largest absolute Gasteiger partial charge is 0.504 e. The lowest BCUT2D eigenvalue weighted by Crippen LogP contribution is -1.96. The van der Waals surface area contributed by atoms with Crippen LogP contribution in [0, 0.1) is 11.7 Å². The van der Waals surface area contributed by atoms with Gasteiger partial charge in [0.05, 0.1) is 12.8 Å². The smallest absolute Gasteiger partial charge is 0.216 e. The summed E-state index contributed by atoms with van der Waals surface area (Å²) < 4.78 is 7.35. The monoisotopic (exact) mass is 354 g/mol. The Labute approximate surface area is 150 Å². The van der Waals surface area contributed by atoms with E-state index < -0.39 is 0 Å². The van der Waals surface area contributed by atoms with Gasteiger partial charge in [-0.2, -0.15) is 14.9 Å². The number of rotatable bonds is 5. The molecule has 0 unspecified atom stereocenters. The molecule has 2 N–H and O–H groups in total. The fraction of sp³-hybridized carbons (Fsp3) is 0.167. The van der Waals surface area contributed by atoms with E-state index in [4.69, 9.17) is 17.0 Å². The number of aryl methyl sites for hydroxylation is 1. The minimum absolute atomic E-state index is 0.0965. The first kappa shape index (κ1) is 16.9. The lowest BCUT2D eigenvalue weighted by atomic mass is 10.1. The van der Waals surface area contributed by atoms with Gasteiger partial charge in [-0.05, 0) is 49.8 Å². The molecular formula is C18H18N4O2S. The number of hydrogen-bond donors (Lipinski definition) is 2. The maximum absolute atomic E-state index is 9.77. The van der Waals surface area contributed by atoms with Gasteiger partial charge in [0.1, 0.15) is 0 Å². The third-order valence-corrected chi connectivity index (χ3v) is 3.83. The van der Waals surface area contributed by atoms with Crippen molar-refractivity contribution >= 4 is 18.4 Å². The van der Waals surface area contributed by atoms with Crippen molar-refractivity contribution in [1.82, 2.24) is 14.9 Å². The maximum atomic E-state index is 9.77. The lowest BCUT2D eigenvalue weighted by Gasteiger charge is -2.06. The molecule has 0 aliphatic carbocycles. The number of phenols is 1. The van der Waals surface area contributed by atoms with E-state index in [9.17, 15) is 5.11 Å². The fourth-order valence-corrected chi connectivity index (χ4v) is 2.47. The number of aromatic hydroxyl groups is 1. The molecule has 0 atom stereocenters. The van der Waals surface area contributed by atoms with Crippen molar-refractivity contribution in [3.05, 3.63) is 58.4 Å². The van der Waals surface area contributed by atoms with Crippen LogP contribution >= 0.6 is 12.2 Å². The molecule has 0 spiro atoms. The van der Waals surface area contributed by atoms with Crippen LogP contribution < -0.4 is 4.74 Å². The highest BCUT2D eigenvalue weighted by atomic mass is 32.1. The van der Waals surface area contributed by atoms with Crippen LogP contribution in [0.25, 0.3) is 11.4 Å². The summed E-state index contributed by atoms with van der Waals surface area (Å²) in [7, 11) is 0. The summed E-state index contributed by atoms with van der Waals surface area (Å²) in [5.41, 5.74) is 2.86. The van der Waals surface area contributed by atoms with Gasteiger partial charge >= 0.3 is 0 Å². The second-order valence-electron chi connectivity index (χ2n) is 5.43. The van der Waals surface area contributed by atoms with Crippen molar-refractivity contribution in [2.75, 3.05) is 6.61 Å². The van der Waals surface area contributed by atoms with E-state index in [1.807, 2.05) is 38.1 Å². The summed E-state index contributed by atoms with van der Waals surface area (Å²) in [5.74, 6) is 1.14. The van der Waals surface area contributed by atoms with Crippen molar-refractivity contribution in [2.45, 2.75) is 13.8 Å². The minimum Gasteiger partial charge on any atom is -0.504 e. The SMILES string of the molecule is CCOc1cc(/C=N/n2c(-c3ccc(C)cc3)n[nH]c2=S)ccc1O.